The van der Waals surface area contributed by atoms with Gasteiger partial charge in [0.25, 0.3) is 11.8 Å². The number of rotatable bonds is 6. The first kappa shape index (κ1) is 22.0. The number of hydrazone groups is 1. The van der Waals surface area contributed by atoms with Crippen LogP contribution in [0.1, 0.15) is 55.6 Å². The van der Waals surface area contributed by atoms with Gasteiger partial charge in [-0.05, 0) is 49.8 Å². The van der Waals surface area contributed by atoms with Crippen LogP contribution in [-0.4, -0.2) is 29.1 Å². The molecule has 0 radical (unpaired) electrons. The Labute approximate surface area is 200 Å². The van der Waals surface area contributed by atoms with E-state index < -0.39 is 0 Å². The number of aromatic nitrogens is 1. The van der Waals surface area contributed by atoms with E-state index in [-0.39, 0.29) is 11.8 Å². The molecule has 0 atom stereocenters. The van der Waals surface area contributed by atoms with Crippen molar-refractivity contribution in [3.8, 4) is 0 Å². The Morgan fingerprint density at radius 2 is 1.97 bits per heavy atom. The normalized spacial score (nSPS) is 14.2. The summed E-state index contributed by atoms with van der Waals surface area (Å²) in [7, 11) is 0. The molecule has 0 saturated heterocycles. The molecule has 5 rings (SSSR count). The zero-order valence-electron chi connectivity index (χ0n) is 18.8. The highest BCUT2D eigenvalue weighted by Crippen LogP contribution is 2.30. The van der Waals surface area contributed by atoms with Crippen LogP contribution in [0, 0.1) is 6.92 Å². The zero-order valence-corrected chi connectivity index (χ0v) is 19.6. The Hall–Kier alpha value is -3.78. The number of amides is 2. The van der Waals surface area contributed by atoms with Crippen molar-refractivity contribution in [3.05, 3.63) is 87.1 Å². The second kappa shape index (κ2) is 9.61. The maximum absolute atomic E-state index is 12.8. The maximum atomic E-state index is 12.8. The minimum absolute atomic E-state index is 0.229. The highest BCUT2D eigenvalue weighted by Gasteiger charge is 2.28. The minimum atomic E-state index is -0.377. The summed E-state index contributed by atoms with van der Waals surface area (Å²) in [5, 5.41) is 10.3. The summed E-state index contributed by atoms with van der Waals surface area (Å²) >= 11 is 1.67. The predicted octanol–water partition coefficient (Wildman–Crippen LogP) is 4.64. The highest BCUT2D eigenvalue weighted by atomic mass is 32.1. The molecule has 4 aromatic rings. The second-order valence-corrected chi connectivity index (χ2v) is 9.21. The number of nitrogens with one attached hydrogen (secondary N) is 2. The van der Waals surface area contributed by atoms with Gasteiger partial charge in [-0.15, -0.1) is 11.3 Å². The molecule has 34 heavy (non-hydrogen) atoms. The van der Waals surface area contributed by atoms with Gasteiger partial charge in [0, 0.05) is 34.4 Å². The molecule has 0 unspecified atom stereocenters. The van der Waals surface area contributed by atoms with Crippen molar-refractivity contribution < 1.29 is 14.0 Å². The Morgan fingerprint density at radius 3 is 2.82 bits per heavy atom. The molecular formula is C26H24N4O3S. The van der Waals surface area contributed by atoms with E-state index in [0.29, 0.717) is 30.1 Å². The summed E-state index contributed by atoms with van der Waals surface area (Å²) in [6.07, 6.45) is 3.04. The summed E-state index contributed by atoms with van der Waals surface area (Å²) in [4.78, 5) is 31.1. The van der Waals surface area contributed by atoms with Gasteiger partial charge in [-0.2, -0.15) is 5.10 Å². The standard InChI is InChI=1S/C26H24N4O3S/c1-16-23-20(29-30-25(31)21-12-11-17-6-2-3-8-19(17)28-21)9-4-10-22(23)33-24(16)26(32)27-14-13-18-7-5-15-34-18/h2-3,5-8,11-12,15H,4,9-10,13-14H2,1H3,(H,27,32)(H,30,31)/b29-20+. The lowest BCUT2D eigenvalue weighted by atomic mass is 9.93. The Bertz CT molecular complexity index is 1390. The summed E-state index contributed by atoms with van der Waals surface area (Å²) in [6, 6.07) is 15.2. The molecular weight excluding hydrogens is 448 g/mol. The molecule has 0 aliphatic heterocycles. The van der Waals surface area contributed by atoms with Gasteiger partial charge in [0.2, 0.25) is 0 Å². The number of hydrogen-bond acceptors (Lipinski definition) is 6. The van der Waals surface area contributed by atoms with Crippen molar-refractivity contribution >= 4 is 39.8 Å². The number of thiophene rings is 1. The van der Waals surface area contributed by atoms with Gasteiger partial charge >= 0.3 is 0 Å². The Kier molecular flexibility index (Phi) is 6.22. The average molecular weight is 473 g/mol. The fourth-order valence-corrected chi connectivity index (χ4v) is 4.91. The van der Waals surface area contributed by atoms with Crippen LogP contribution in [0.2, 0.25) is 0 Å². The minimum Gasteiger partial charge on any atom is -0.455 e. The van der Waals surface area contributed by atoms with Crippen molar-refractivity contribution in [2.75, 3.05) is 6.54 Å². The van der Waals surface area contributed by atoms with Crippen LogP contribution in [0.3, 0.4) is 0 Å². The lowest BCUT2D eigenvalue weighted by Crippen LogP contribution is -2.26. The third-order valence-corrected chi connectivity index (χ3v) is 6.83. The zero-order chi connectivity index (χ0) is 23.5. The predicted molar refractivity (Wildman–Crippen MR) is 132 cm³/mol. The quantitative estimate of drug-likeness (QED) is 0.400. The molecule has 3 heterocycles. The first-order chi connectivity index (χ1) is 16.6. The van der Waals surface area contributed by atoms with E-state index >= 15 is 0 Å². The van der Waals surface area contributed by atoms with E-state index in [1.54, 1.807) is 17.4 Å². The number of pyridine rings is 1. The third-order valence-electron chi connectivity index (χ3n) is 5.89. The largest absolute Gasteiger partial charge is 0.455 e. The van der Waals surface area contributed by atoms with E-state index in [9.17, 15) is 9.59 Å². The topological polar surface area (TPSA) is 96.6 Å². The van der Waals surface area contributed by atoms with Gasteiger partial charge in [-0.25, -0.2) is 10.4 Å². The van der Waals surface area contributed by atoms with E-state index in [1.807, 2.05) is 48.7 Å². The van der Waals surface area contributed by atoms with Crippen LogP contribution in [0.25, 0.3) is 10.9 Å². The molecule has 2 N–H and O–H groups in total. The van der Waals surface area contributed by atoms with Crippen LogP contribution in [-0.2, 0) is 12.8 Å². The highest BCUT2D eigenvalue weighted by molar-refractivity contribution is 7.09. The SMILES string of the molecule is Cc1c(C(=O)NCCc2cccs2)oc2c1/C(=N/NC(=O)c1ccc3ccccc3n1)CCC2. The lowest BCUT2D eigenvalue weighted by Gasteiger charge is -2.13. The molecule has 3 aromatic heterocycles. The van der Waals surface area contributed by atoms with Crippen molar-refractivity contribution in [2.45, 2.75) is 32.6 Å². The molecule has 1 aromatic carbocycles. The number of hydrogen-bond donors (Lipinski definition) is 2. The monoisotopic (exact) mass is 472 g/mol. The number of aryl methyl sites for hydroxylation is 1. The number of carbonyl (C=O) groups is 2. The fraction of sp³-hybridized carbons (Fsp3) is 0.231. The molecule has 7 nitrogen and oxygen atoms in total. The number of fused-ring (bicyclic) bond motifs is 2. The van der Waals surface area contributed by atoms with Gasteiger partial charge < -0.3 is 9.73 Å². The summed E-state index contributed by atoms with van der Waals surface area (Å²) in [6.45, 7) is 2.41. The Morgan fingerprint density at radius 1 is 1.09 bits per heavy atom. The summed E-state index contributed by atoms with van der Waals surface area (Å²) in [5.74, 6) is 0.447. The number of benzene rings is 1. The van der Waals surface area contributed by atoms with Gasteiger partial charge in [0.05, 0.1) is 11.2 Å². The van der Waals surface area contributed by atoms with Crippen molar-refractivity contribution in [3.63, 3.8) is 0 Å². The third kappa shape index (κ3) is 4.49. The molecule has 1 aliphatic rings. The van der Waals surface area contributed by atoms with Crippen LogP contribution in [0.4, 0.5) is 0 Å². The summed E-state index contributed by atoms with van der Waals surface area (Å²) in [5.41, 5.74) is 5.98. The van der Waals surface area contributed by atoms with Gasteiger partial charge in [0.15, 0.2) is 5.76 Å². The van der Waals surface area contributed by atoms with Crippen LogP contribution in [0.15, 0.2) is 63.4 Å². The van der Waals surface area contributed by atoms with E-state index in [1.165, 1.54) is 4.88 Å². The fourth-order valence-electron chi connectivity index (χ4n) is 4.20. The van der Waals surface area contributed by atoms with Crippen molar-refractivity contribution in [1.29, 1.82) is 0 Å². The molecule has 0 fully saturated rings. The van der Waals surface area contributed by atoms with Crippen molar-refractivity contribution in [2.24, 2.45) is 5.10 Å². The summed E-state index contributed by atoms with van der Waals surface area (Å²) < 4.78 is 5.94. The first-order valence-electron chi connectivity index (χ1n) is 11.3. The molecule has 0 bridgehead atoms. The molecule has 172 valence electrons. The number of para-hydroxylation sites is 1. The van der Waals surface area contributed by atoms with Gasteiger partial charge in [0.1, 0.15) is 11.5 Å². The lowest BCUT2D eigenvalue weighted by molar-refractivity contribution is 0.0922. The molecule has 1 aliphatic carbocycles. The molecule has 2 amide bonds. The molecule has 8 heteroatoms. The van der Waals surface area contributed by atoms with E-state index in [0.717, 1.165) is 47.1 Å². The second-order valence-electron chi connectivity index (χ2n) is 8.18. The van der Waals surface area contributed by atoms with Gasteiger partial charge in [-0.1, -0.05) is 30.3 Å². The van der Waals surface area contributed by atoms with Crippen LogP contribution in [0.5, 0.6) is 0 Å². The molecule has 0 saturated carbocycles. The van der Waals surface area contributed by atoms with E-state index in [4.69, 9.17) is 4.42 Å². The number of carbonyl (C=O) groups excluding carboxylic acids is 2. The maximum Gasteiger partial charge on any atom is 0.289 e. The van der Waals surface area contributed by atoms with Gasteiger partial charge in [-0.3, -0.25) is 9.59 Å². The van der Waals surface area contributed by atoms with E-state index in [2.05, 4.69) is 26.9 Å². The van der Waals surface area contributed by atoms with Crippen LogP contribution < -0.4 is 10.7 Å². The number of nitrogens with zero attached hydrogens (tertiary/aromatic N) is 2. The smallest absolute Gasteiger partial charge is 0.289 e. The van der Waals surface area contributed by atoms with Crippen LogP contribution >= 0.6 is 11.3 Å². The number of furan rings is 1. The van der Waals surface area contributed by atoms with Crippen molar-refractivity contribution in [1.82, 2.24) is 15.7 Å². The first-order valence-corrected chi connectivity index (χ1v) is 12.1. The average Bonchev–Trinajstić information content (AvgIpc) is 3.50. The Balaban J connectivity index is 1.31. The molecule has 0 spiro atoms.